The van der Waals surface area contributed by atoms with Crippen LogP contribution in [0.4, 0.5) is 0 Å². The van der Waals surface area contributed by atoms with E-state index in [1.165, 1.54) is 6.08 Å². The molecule has 0 unspecified atom stereocenters. The van der Waals surface area contributed by atoms with Crippen molar-refractivity contribution in [3.8, 4) is 0 Å². The van der Waals surface area contributed by atoms with Gasteiger partial charge < -0.3 is 15.4 Å². The monoisotopic (exact) mass is 382 g/mol. The third-order valence-electron chi connectivity index (χ3n) is 2.77. The second-order valence-electron chi connectivity index (χ2n) is 4.65. The molecule has 0 aliphatic rings. The number of hydrogen-bond donors (Lipinski definition) is 2. The first-order valence-electron chi connectivity index (χ1n) is 7.10. The zero-order valence-electron chi connectivity index (χ0n) is 13.0. The highest BCUT2D eigenvalue weighted by Gasteiger charge is 2.15. The molecule has 6 nitrogen and oxygen atoms in total. The van der Waals surface area contributed by atoms with Gasteiger partial charge in [-0.25, -0.2) is 4.79 Å². The maximum Gasteiger partial charge on any atom is 0.331 e. The van der Waals surface area contributed by atoms with Crippen LogP contribution in [0, 0.1) is 0 Å². The molecular weight excluding hydrogens is 364 g/mol. The van der Waals surface area contributed by atoms with Gasteiger partial charge in [-0.1, -0.05) is 34.1 Å². The van der Waals surface area contributed by atoms with Crippen LogP contribution in [0.15, 0.2) is 34.8 Å². The lowest BCUT2D eigenvalue weighted by Crippen LogP contribution is -2.46. The largest absolute Gasteiger partial charge is 0.452 e. The van der Waals surface area contributed by atoms with Crippen LogP contribution in [0.3, 0.4) is 0 Å². The minimum atomic E-state index is -0.683. The van der Waals surface area contributed by atoms with E-state index in [2.05, 4.69) is 26.6 Å². The number of ether oxygens (including phenoxy) is 1. The average Bonchev–Trinajstić information content (AvgIpc) is 2.52. The summed E-state index contributed by atoms with van der Waals surface area (Å²) in [5.74, 6) is -1.46. The van der Waals surface area contributed by atoms with Crippen molar-refractivity contribution in [2.75, 3.05) is 13.2 Å². The molecule has 23 heavy (non-hydrogen) atoms. The molecule has 1 aromatic carbocycles. The van der Waals surface area contributed by atoms with Crippen LogP contribution < -0.4 is 10.6 Å². The summed E-state index contributed by atoms with van der Waals surface area (Å²) in [5.41, 5.74) is 0.818. The second kappa shape index (κ2) is 9.78. The Morgan fingerprint density at radius 3 is 2.65 bits per heavy atom. The molecule has 1 atom stereocenters. The molecule has 0 aliphatic heterocycles. The maximum absolute atomic E-state index is 11.6. The third-order valence-corrected chi connectivity index (χ3v) is 3.49. The number of hydrogen-bond acceptors (Lipinski definition) is 4. The van der Waals surface area contributed by atoms with E-state index in [-0.39, 0.29) is 5.91 Å². The Bertz CT molecular complexity index is 601. The van der Waals surface area contributed by atoms with Crippen molar-refractivity contribution in [2.24, 2.45) is 0 Å². The zero-order chi connectivity index (χ0) is 17.2. The Morgan fingerprint density at radius 2 is 2.00 bits per heavy atom. The summed E-state index contributed by atoms with van der Waals surface area (Å²) in [6, 6.07) is 6.69. The average molecular weight is 383 g/mol. The Morgan fingerprint density at radius 1 is 1.30 bits per heavy atom. The topological polar surface area (TPSA) is 84.5 Å². The molecule has 2 amide bonds. The molecule has 0 radical (unpaired) electrons. The van der Waals surface area contributed by atoms with Gasteiger partial charge in [-0.3, -0.25) is 9.59 Å². The molecule has 2 N–H and O–H groups in total. The number of likely N-dealkylation sites (N-methyl/N-ethyl adjacent to an activating group) is 1. The molecule has 0 saturated heterocycles. The number of halogens is 1. The molecule has 1 rings (SSSR count). The lowest BCUT2D eigenvalue weighted by Gasteiger charge is -2.12. The minimum absolute atomic E-state index is 0.291. The normalized spacial score (nSPS) is 11.8. The van der Waals surface area contributed by atoms with Gasteiger partial charge in [-0.05, 0) is 31.6 Å². The summed E-state index contributed by atoms with van der Waals surface area (Å²) >= 11 is 3.36. The van der Waals surface area contributed by atoms with Crippen molar-refractivity contribution < 1.29 is 19.1 Å². The Labute approximate surface area is 143 Å². The van der Waals surface area contributed by atoms with Crippen LogP contribution in [0.25, 0.3) is 6.08 Å². The van der Waals surface area contributed by atoms with Gasteiger partial charge in [0.05, 0.1) is 0 Å². The predicted octanol–water partition coefficient (Wildman–Crippen LogP) is 1.65. The highest BCUT2D eigenvalue weighted by atomic mass is 79.9. The summed E-state index contributed by atoms with van der Waals surface area (Å²) < 4.78 is 5.67. The van der Waals surface area contributed by atoms with E-state index < -0.39 is 24.5 Å². The fourth-order valence-electron chi connectivity index (χ4n) is 1.63. The van der Waals surface area contributed by atoms with Crippen LogP contribution in [0.1, 0.15) is 19.4 Å². The van der Waals surface area contributed by atoms with Gasteiger partial charge in [0.2, 0.25) is 5.91 Å². The highest BCUT2D eigenvalue weighted by molar-refractivity contribution is 9.10. The molecule has 0 spiro atoms. The second-order valence-corrected chi connectivity index (χ2v) is 5.50. The van der Waals surface area contributed by atoms with Crippen molar-refractivity contribution in [3.05, 3.63) is 40.4 Å². The first-order valence-corrected chi connectivity index (χ1v) is 7.89. The number of carbonyl (C=O) groups excluding carboxylic acids is 3. The van der Waals surface area contributed by atoms with Crippen molar-refractivity contribution >= 4 is 39.8 Å². The molecular formula is C16H19BrN2O4. The lowest BCUT2D eigenvalue weighted by molar-refractivity contribution is -0.144. The van der Waals surface area contributed by atoms with Crippen LogP contribution in [0.5, 0.6) is 0 Å². The van der Waals surface area contributed by atoms with Crippen LogP contribution >= 0.6 is 15.9 Å². The standard InChI is InChI=1S/C16H19BrN2O4/c1-3-18-16(22)11(2)19-14(20)10-23-15(21)9-8-12-6-4-5-7-13(12)17/h4-9,11H,3,10H2,1-2H3,(H,18,22)(H,19,20)/b9-8+/t11-/m1/s1. The van der Waals surface area contributed by atoms with E-state index >= 15 is 0 Å². The molecule has 1 aromatic rings. The van der Waals surface area contributed by atoms with E-state index in [1.54, 1.807) is 19.9 Å². The van der Waals surface area contributed by atoms with Gasteiger partial charge >= 0.3 is 5.97 Å². The lowest BCUT2D eigenvalue weighted by atomic mass is 10.2. The summed E-state index contributed by atoms with van der Waals surface area (Å²) in [6.07, 6.45) is 2.82. The first-order chi connectivity index (χ1) is 10.9. The maximum atomic E-state index is 11.6. The Balaban J connectivity index is 2.40. The molecule has 0 aliphatic carbocycles. The van der Waals surface area contributed by atoms with E-state index in [0.29, 0.717) is 6.54 Å². The van der Waals surface area contributed by atoms with Crippen molar-refractivity contribution in [2.45, 2.75) is 19.9 Å². The van der Waals surface area contributed by atoms with Crippen LogP contribution in [0.2, 0.25) is 0 Å². The smallest absolute Gasteiger partial charge is 0.331 e. The van der Waals surface area contributed by atoms with Crippen LogP contribution in [-0.4, -0.2) is 37.0 Å². The molecule has 7 heteroatoms. The summed E-state index contributed by atoms with van der Waals surface area (Å²) in [7, 11) is 0. The SMILES string of the molecule is CCNC(=O)[C@@H](C)NC(=O)COC(=O)/C=C/c1ccccc1Br. The molecule has 124 valence electrons. The number of rotatable bonds is 7. The molecule has 0 heterocycles. The molecule has 0 fully saturated rings. The quantitative estimate of drug-likeness (QED) is 0.554. The molecule has 0 bridgehead atoms. The summed E-state index contributed by atoms with van der Waals surface area (Å²) in [6.45, 7) is 3.37. The number of amides is 2. The Kier molecular flexibility index (Phi) is 8.04. The van der Waals surface area contributed by atoms with Gasteiger partial charge in [-0.2, -0.15) is 0 Å². The van der Waals surface area contributed by atoms with Gasteiger partial charge in [0.15, 0.2) is 6.61 Å². The fraction of sp³-hybridized carbons (Fsp3) is 0.312. The number of esters is 1. The van der Waals surface area contributed by atoms with E-state index in [4.69, 9.17) is 4.74 Å². The van der Waals surface area contributed by atoms with Crippen molar-refractivity contribution in [1.29, 1.82) is 0 Å². The van der Waals surface area contributed by atoms with E-state index in [1.807, 2.05) is 24.3 Å². The van der Waals surface area contributed by atoms with Gasteiger partial charge in [0.25, 0.3) is 5.91 Å². The number of benzene rings is 1. The fourth-order valence-corrected chi connectivity index (χ4v) is 2.05. The van der Waals surface area contributed by atoms with Crippen molar-refractivity contribution in [3.63, 3.8) is 0 Å². The van der Waals surface area contributed by atoms with Gasteiger partial charge in [0, 0.05) is 17.1 Å². The van der Waals surface area contributed by atoms with Crippen LogP contribution in [-0.2, 0) is 19.1 Å². The Hall–Kier alpha value is -2.15. The van der Waals surface area contributed by atoms with Gasteiger partial charge in [-0.15, -0.1) is 0 Å². The first kappa shape index (κ1) is 18.9. The minimum Gasteiger partial charge on any atom is -0.452 e. The predicted molar refractivity (Wildman–Crippen MR) is 90.4 cm³/mol. The molecule has 0 saturated carbocycles. The van der Waals surface area contributed by atoms with E-state index in [0.717, 1.165) is 10.0 Å². The van der Waals surface area contributed by atoms with Gasteiger partial charge in [0.1, 0.15) is 6.04 Å². The van der Waals surface area contributed by atoms with E-state index in [9.17, 15) is 14.4 Å². The third kappa shape index (κ3) is 7.10. The highest BCUT2D eigenvalue weighted by Crippen LogP contribution is 2.16. The summed E-state index contributed by atoms with van der Waals surface area (Å²) in [4.78, 5) is 34.6. The number of carbonyl (C=O) groups is 3. The summed E-state index contributed by atoms with van der Waals surface area (Å²) in [5, 5.41) is 5.03. The number of nitrogens with one attached hydrogen (secondary N) is 2. The van der Waals surface area contributed by atoms with Crippen molar-refractivity contribution in [1.82, 2.24) is 10.6 Å². The zero-order valence-corrected chi connectivity index (χ0v) is 14.6. The molecule has 0 aromatic heterocycles.